The summed E-state index contributed by atoms with van der Waals surface area (Å²) < 4.78 is 7.01. The Hall–Kier alpha value is -3.61. The first-order valence-electron chi connectivity index (χ1n) is 8.10. The van der Waals surface area contributed by atoms with Crippen LogP contribution >= 0.6 is 0 Å². The van der Waals surface area contributed by atoms with Gasteiger partial charge in [-0.25, -0.2) is 14.6 Å². The van der Waals surface area contributed by atoms with E-state index < -0.39 is 0 Å². The van der Waals surface area contributed by atoms with Gasteiger partial charge in [0.2, 0.25) is 0 Å². The Labute approximate surface area is 150 Å². The number of fused-ring (bicyclic) bond motifs is 1. The van der Waals surface area contributed by atoms with Gasteiger partial charge in [0.15, 0.2) is 11.5 Å². The summed E-state index contributed by atoms with van der Waals surface area (Å²) in [5, 5.41) is 13.7. The monoisotopic (exact) mass is 344 g/mol. The molecule has 2 aromatic carbocycles. The summed E-state index contributed by atoms with van der Waals surface area (Å²) in [6.07, 6.45) is 3.17. The van der Waals surface area contributed by atoms with Crippen LogP contribution in [0.15, 0.2) is 77.3 Å². The first-order chi connectivity index (χ1) is 12.8. The lowest BCUT2D eigenvalue weighted by Crippen LogP contribution is -1.98. The van der Waals surface area contributed by atoms with E-state index in [2.05, 4.69) is 25.3 Å². The third kappa shape index (κ3) is 3.14. The Morgan fingerprint density at radius 1 is 1.04 bits per heavy atom. The number of hydrogen-bond acceptors (Lipinski definition) is 6. The molecule has 0 aliphatic heterocycles. The summed E-state index contributed by atoms with van der Waals surface area (Å²) in [5.74, 6) is 1.25. The van der Waals surface area contributed by atoms with Crippen LogP contribution in [-0.2, 0) is 6.54 Å². The fraction of sp³-hybridized carbons (Fsp3) is 0.105. The van der Waals surface area contributed by atoms with E-state index in [0.29, 0.717) is 18.0 Å². The lowest BCUT2D eigenvalue weighted by molar-refractivity contribution is 0.414. The number of hydrogen-bond donors (Lipinski definition) is 0. The standard InChI is InChI=1S/C19H16N6O/c1-26-16-9-5-8-15(10-16)25-19-17(12-23-25)18(20-13-21-19)24-22-11-14-6-3-2-4-7-14/h2-10,12-13H,11H2,1H3. The second-order valence-corrected chi connectivity index (χ2v) is 5.58. The molecule has 0 aliphatic carbocycles. The van der Waals surface area contributed by atoms with Crippen LogP contribution in [0.5, 0.6) is 5.75 Å². The second kappa shape index (κ2) is 7.10. The van der Waals surface area contributed by atoms with Gasteiger partial charge in [0, 0.05) is 6.07 Å². The van der Waals surface area contributed by atoms with Gasteiger partial charge in [-0.15, -0.1) is 5.11 Å². The molecule has 2 heterocycles. The third-order valence-electron chi connectivity index (χ3n) is 3.90. The maximum atomic E-state index is 5.28. The smallest absolute Gasteiger partial charge is 0.188 e. The molecule has 4 aromatic rings. The fourth-order valence-corrected chi connectivity index (χ4v) is 2.61. The molecule has 0 atom stereocenters. The molecular weight excluding hydrogens is 328 g/mol. The van der Waals surface area contributed by atoms with E-state index in [1.807, 2.05) is 54.6 Å². The van der Waals surface area contributed by atoms with Crippen molar-refractivity contribution in [3.63, 3.8) is 0 Å². The minimum Gasteiger partial charge on any atom is -0.497 e. The molecule has 2 aromatic heterocycles. The number of nitrogens with zero attached hydrogens (tertiary/aromatic N) is 6. The molecule has 0 unspecified atom stereocenters. The van der Waals surface area contributed by atoms with E-state index in [0.717, 1.165) is 22.4 Å². The minimum absolute atomic E-state index is 0.496. The molecule has 0 N–H and O–H groups in total. The van der Waals surface area contributed by atoms with Crippen molar-refractivity contribution >= 4 is 16.9 Å². The van der Waals surface area contributed by atoms with Gasteiger partial charge >= 0.3 is 0 Å². The van der Waals surface area contributed by atoms with Gasteiger partial charge < -0.3 is 4.74 Å². The summed E-state index contributed by atoms with van der Waals surface area (Å²) in [5.41, 5.74) is 2.61. The topological polar surface area (TPSA) is 77.5 Å². The molecule has 0 saturated heterocycles. The van der Waals surface area contributed by atoms with Crippen LogP contribution in [0.4, 0.5) is 5.82 Å². The quantitative estimate of drug-likeness (QED) is 0.511. The molecule has 7 nitrogen and oxygen atoms in total. The Morgan fingerprint density at radius 3 is 2.77 bits per heavy atom. The van der Waals surface area contributed by atoms with E-state index >= 15 is 0 Å². The predicted molar refractivity (Wildman–Crippen MR) is 97.9 cm³/mol. The first kappa shape index (κ1) is 15.9. The largest absolute Gasteiger partial charge is 0.497 e. The molecule has 26 heavy (non-hydrogen) atoms. The number of aromatic nitrogens is 4. The van der Waals surface area contributed by atoms with Crippen molar-refractivity contribution in [3.8, 4) is 11.4 Å². The molecule has 128 valence electrons. The Morgan fingerprint density at radius 2 is 1.92 bits per heavy atom. The normalized spacial score (nSPS) is 11.3. The van der Waals surface area contributed by atoms with Crippen LogP contribution in [0.25, 0.3) is 16.7 Å². The highest BCUT2D eigenvalue weighted by Crippen LogP contribution is 2.25. The molecule has 0 fully saturated rings. The molecule has 0 bridgehead atoms. The number of azo groups is 1. The van der Waals surface area contributed by atoms with Crippen LogP contribution in [-0.4, -0.2) is 26.9 Å². The summed E-state index contributed by atoms with van der Waals surface area (Å²) in [4.78, 5) is 8.58. The molecule has 4 rings (SSSR count). The van der Waals surface area contributed by atoms with Crippen LogP contribution in [0.2, 0.25) is 0 Å². The van der Waals surface area contributed by atoms with Crippen molar-refractivity contribution in [1.29, 1.82) is 0 Å². The number of ether oxygens (including phenoxy) is 1. The van der Waals surface area contributed by atoms with E-state index in [1.54, 1.807) is 18.0 Å². The number of benzene rings is 2. The summed E-state index contributed by atoms with van der Waals surface area (Å²) >= 11 is 0. The van der Waals surface area contributed by atoms with Gasteiger partial charge in [0.25, 0.3) is 0 Å². The lowest BCUT2D eigenvalue weighted by Gasteiger charge is -2.05. The van der Waals surface area contributed by atoms with Crippen LogP contribution in [0.3, 0.4) is 0 Å². The highest BCUT2D eigenvalue weighted by Gasteiger charge is 2.11. The third-order valence-corrected chi connectivity index (χ3v) is 3.90. The molecule has 0 amide bonds. The Kier molecular flexibility index (Phi) is 4.34. The van der Waals surface area contributed by atoms with E-state index in [4.69, 9.17) is 4.74 Å². The van der Waals surface area contributed by atoms with Gasteiger partial charge in [-0.05, 0) is 17.7 Å². The highest BCUT2D eigenvalue weighted by molar-refractivity contribution is 5.85. The zero-order valence-electron chi connectivity index (χ0n) is 14.1. The minimum atomic E-state index is 0.496. The fourth-order valence-electron chi connectivity index (χ4n) is 2.61. The zero-order chi connectivity index (χ0) is 17.8. The van der Waals surface area contributed by atoms with Gasteiger partial charge in [-0.3, -0.25) is 0 Å². The number of methoxy groups -OCH3 is 1. The zero-order valence-corrected chi connectivity index (χ0v) is 14.1. The predicted octanol–water partition coefficient (Wildman–Crippen LogP) is 4.11. The molecular formula is C19H16N6O. The summed E-state index contributed by atoms with van der Waals surface area (Å²) in [6.45, 7) is 0.496. The molecule has 7 heteroatoms. The van der Waals surface area contributed by atoms with Gasteiger partial charge in [-0.2, -0.15) is 10.2 Å². The Balaban J connectivity index is 1.66. The van der Waals surface area contributed by atoms with Gasteiger partial charge in [0.05, 0.1) is 30.9 Å². The highest BCUT2D eigenvalue weighted by atomic mass is 16.5. The maximum Gasteiger partial charge on any atom is 0.188 e. The average molecular weight is 344 g/mol. The second-order valence-electron chi connectivity index (χ2n) is 5.58. The van der Waals surface area contributed by atoms with Gasteiger partial charge in [0.1, 0.15) is 12.1 Å². The SMILES string of the molecule is COc1cccc(-n2ncc3c(N=NCc4ccccc4)ncnc32)c1. The van der Waals surface area contributed by atoms with E-state index in [1.165, 1.54) is 6.33 Å². The van der Waals surface area contributed by atoms with Crippen LogP contribution in [0.1, 0.15) is 5.56 Å². The Bertz CT molecular complexity index is 1060. The van der Waals surface area contributed by atoms with Crippen LogP contribution in [0, 0.1) is 0 Å². The first-order valence-corrected chi connectivity index (χ1v) is 8.10. The van der Waals surface area contributed by atoms with Crippen molar-refractivity contribution in [3.05, 3.63) is 72.7 Å². The summed E-state index contributed by atoms with van der Waals surface area (Å²) in [7, 11) is 1.63. The summed E-state index contributed by atoms with van der Waals surface area (Å²) in [6, 6.07) is 17.6. The van der Waals surface area contributed by atoms with E-state index in [-0.39, 0.29) is 0 Å². The van der Waals surface area contributed by atoms with E-state index in [9.17, 15) is 0 Å². The van der Waals surface area contributed by atoms with Crippen molar-refractivity contribution in [1.82, 2.24) is 19.7 Å². The lowest BCUT2D eigenvalue weighted by atomic mass is 10.2. The van der Waals surface area contributed by atoms with Crippen molar-refractivity contribution < 1.29 is 4.74 Å². The van der Waals surface area contributed by atoms with Crippen LogP contribution < -0.4 is 4.74 Å². The molecule has 0 saturated carbocycles. The van der Waals surface area contributed by atoms with Crippen molar-refractivity contribution in [2.45, 2.75) is 6.54 Å². The maximum absolute atomic E-state index is 5.28. The molecule has 0 radical (unpaired) electrons. The van der Waals surface area contributed by atoms with Crippen molar-refractivity contribution in [2.75, 3.05) is 7.11 Å². The molecule has 0 spiro atoms. The van der Waals surface area contributed by atoms with Crippen molar-refractivity contribution in [2.24, 2.45) is 10.2 Å². The number of rotatable bonds is 5. The average Bonchev–Trinajstić information content (AvgIpc) is 3.14. The molecule has 0 aliphatic rings. The van der Waals surface area contributed by atoms with Gasteiger partial charge in [-0.1, -0.05) is 36.4 Å².